The summed E-state index contributed by atoms with van der Waals surface area (Å²) < 4.78 is 268. The summed E-state index contributed by atoms with van der Waals surface area (Å²) in [5.74, 6) is -16.2. The van der Waals surface area contributed by atoms with E-state index in [2.05, 4.69) is 4.74 Å². The first-order chi connectivity index (χ1) is 29.3. The lowest BCUT2D eigenvalue weighted by atomic mass is 9.34. The number of hydrogen-bond acceptors (Lipinski definition) is 5. The largest absolute Gasteiger partial charge is 0.469 e. The molecular weight excluding hydrogens is 462 g/mol. The lowest BCUT2D eigenvalue weighted by Gasteiger charge is -2.68. The molecule has 0 amide bonds. The molecule has 0 N–H and O–H groups in total. The molecule has 5 heteroatoms. The number of methoxy groups -OCH3 is 1. The monoisotopic (exact) mass is 536 g/mol. The summed E-state index contributed by atoms with van der Waals surface area (Å²) in [5.41, 5.74) is -26.9. The van der Waals surface area contributed by atoms with Gasteiger partial charge in [-0.15, -0.1) is 0 Å². The van der Waals surface area contributed by atoms with E-state index in [0.29, 0.717) is 0 Å². The van der Waals surface area contributed by atoms with Crippen molar-refractivity contribution in [3.8, 4) is 6.07 Å². The van der Waals surface area contributed by atoms with Gasteiger partial charge in [0, 0.05) is 53.8 Å². The predicted octanol–water partition coefficient (Wildman–Crippen LogP) is 6.38. The maximum atomic E-state index is 15.6. The van der Waals surface area contributed by atoms with E-state index in [1.165, 1.54) is 6.07 Å². The minimum absolute atomic E-state index is 0.0110. The number of carbonyl (C=O) groups is 3. The Kier molecular flexibility index (Phi) is 1.74. The van der Waals surface area contributed by atoms with E-state index in [-0.39, 0.29) is 12.2 Å². The molecule has 3 fully saturated rings. The van der Waals surface area contributed by atoms with Crippen LogP contribution in [0.25, 0.3) is 0 Å². The van der Waals surface area contributed by atoms with Gasteiger partial charge >= 0.3 is 5.97 Å². The molecule has 0 unspecified atom stereocenters. The highest BCUT2D eigenvalue weighted by Crippen LogP contribution is 2.74. The highest BCUT2D eigenvalue weighted by molar-refractivity contribution is 6.04. The van der Waals surface area contributed by atoms with Crippen LogP contribution in [0.15, 0.2) is 23.3 Å². The molecule has 0 saturated heterocycles. The number of carbonyl (C=O) groups excluding carboxylic acids is 3. The van der Waals surface area contributed by atoms with Crippen molar-refractivity contribution in [1.29, 1.82) is 5.26 Å². The Hall–Kier alpha value is -2.22. The number of fused-ring (bicyclic) bond motifs is 7. The summed E-state index contributed by atoms with van der Waals surface area (Å²) in [5, 5.41) is 10.3. The molecule has 3 saturated carbocycles. The lowest BCUT2D eigenvalue weighted by molar-refractivity contribution is -0.191. The molecule has 0 aliphatic heterocycles. The fraction of sp³-hybridized carbons (Fsp3) is 0.750. The van der Waals surface area contributed by atoms with Crippen LogP contribution in [0.3, 0.4) is 0 Å². The molecule has 200 valence electrons. The van der Waals surface area contributed by atoms with Crippen LogP contribution in [-0.2, 0) is 19.1 Å². The molecule has 0 aromatic heterocycles. The van der Waals surface area contributed by atoms with Crippen molar-refractivity contribution in [1.82, 2.24) is 0 Å². The number of rotatable bonds is 1. The van der Waals surface area contributed by atoms with E-state index in [4.69, 9.17) is 27.4 Å². The zero-order valence-electron chi connectivity index (χ0n) is 49.3. The molecule has 0 spiro atoms. The van der Waals surface area contributed by atoms with Crippen LogP contribution in [0.5, 0.6) is 0 Å². The average molecular weight is 536 g/mol. The Morgan fingerprint density at radius 1 is 1.11 bits per heavy atom. The third-order valence-corrected chi connectivity index (χ3v) is 8.85. The quantitative estimate of drug-likeness (QED) is 0.364. The molecule has 5 rings (SSSR count). The molecule has 0 aromatic rings. The van der Waals surface area contributed by atoms with E-state index in [1.54, 1.807) is 0 Å². The predicted molar refractivity (Wildman–Crippen MR) is 141 cm³/mol. The third-order valence-electron chi connectivity index (χ3n) is 8.85. The van der Waals surface area contributed by atoms with Gasteiger partial charge in [0.15, 0.2) is 11.6 Å². The maximum Gasteiger partial charge on any atom is 0.312 e. The van der Waals surface area contributed by atoms with Gasteiger partial charge in [-0.2, -0.15) is 5.26 Å². The minimum atomic E-state index is -4.82. The molecule has 0 aromatic carbocycles. The summed E-state index contributed by atoms with van der Waals surface area (Å²) in [4.78, 5) is 44.5. The van der Waals surface area contributed by atoms with Gasteiger partial charge in [-0.25, -0.2) is 0 Å². The first-order valence-electron chi connectivity index (χ1n) is 26.4. The second-order valence-electron chi connectivity index (χ2n) is 10.6. The van der Waals surface area contributed by atoms with Crippen LogP contribution in [0, 0.1) is 61.6 Å². The Labute approximate surface area is 264 Å². The van der Waals surface area contributed by atoms with Gasteiger partial charge in [0.05, 0.1) is 22.1 Å². The number of allylic oxidation sites excluding steroid dienone is 4. The van der Waals surface area contributed by atoms with E-state index in [0.717, 1.165) is 0 Å². The fourth-order valence-electron chi connectivity index (χ4n) is 7.04. The standard InChI is InChI=1S/C32H43NO4/c1-27(2)11-13-32(26(36)37-8)14-12-31(7)24(20(32)17-27)21(34)15-23-29(5)16-19(18-33)25(35)28(3,4)22(29)9-10-30(23,31)6/h15-16,20,22,24H,9-14,17H2,1-8H3/t20-,22-,24-,29-,30+,31+,32-/m0/s1/i1D3,2D3,3D3,4D3,5D3,6D3,7D3,8D3,11D2,13D2,17D2. The zero-order valence-corrected chi connectivity index (χ0v) is 19.3. The summed E-state index contributed by atoms with van der Waals surface area (Å²) in [6.07, 6.45) is -20.2. The number of ketones is 2. The maximum absolute atomic E-state index is 15.6. The summed E-state index contributed by atoms with van der Waals surface area (Å²) in [7, 11) is -3.98. The van der Waals surface area contributed by atoms with Crippen molar-refractivity contribution in [3.05, 3.63) is 23.3 Å². The van der Waals surface area contributed by atoms with Gasteiger partial charge in [0.25, 0.3) is 0 Å². The van der Waals surface area contributed by atoms with Gasteiger partial charge in [-0.05, 0) is 79.0 Å². The Bertz CT molecular complexity index is 2210. The van der Waals surface area contributed by atoms with Crippen LogP contribution < -0.4 is 0 Å². The molecule has 0 bridgehead atoms. The van der Waals surface area contributed by atoms with Crippen LogP contribution >= 0.6 is 0 Å². The number of ether oxygens (including phenoxy) is 1. The second-order valence-corrected chi connectivity index (χ2v) is 10.6. The molecule has 0 heterocycles. The van der Waals surface area contributed by atoms with E-state index in [9.17, 15) is 28.6 Å². The number of esters is 1. The zero-order chi connectivity index (χ0) is 52.8. The first kappa shape index (κ1) is 8.39. The second kappa shape index (κ2) is 7.67. The Morgan fingerprint density at radius 3 is 2.59 bits per heavy atom. The summed E-state index contributed by atoms with van der Waals surface area (Å²) >= 11 is 0. The number of Topliss-reactive ketones (excluding diaryl/α,β-unsaturated/α-hetero) is 1. The molecule has 5 aliphatic rings. The van der Waals surface area contributed by atoms with Gasteiger partial charge < -0.3 is 4.74 Å². The third kappa shape index (κ3) is 3.11. The SMILES string of the molecule is [2H]C([2H])([2H])OC(=O)[C@@]12CC[C@]3(C([2H])([2H])[2H])[C@H](C(=O)C=C4[C@@]5(C([2H])([2H])[2H])C=C(C#N)C(=O)C(C([2H])([2H])[2H])(C([2H])([2H])[2H])[C@@H]5CC[C@]43C([2H])([2H])[2H])[C@@H]1C([2H])([2H])C(C([2H])([2H])[2H])(C([2H])([2H])[2H])C([2H])([2H])C2([2H])[2H]. The highest BCUT2D eigenvalue weighted by atomic mass is 16.5. The van der Waals surface area contributed by atoms with Crippen molar-refractivity contribution in [2.24, 2.45) is 50.2 Å². The van der Waals surface area contributed by atoms with Crippen LogP contribution in [0.1, 0.15) is 134 Å². The smallest absolute Gasteiger partial charge is 0.312 e. The van der Waals surface area contributed by atoms with Crippen molar-refractivity contribution >= 4 is 17.5 Å². The van der Waals surface area contributed by atoms with Gasteiger partial charge in [-0.1, -0.05) is 59.6 Å². The topological polar surface area (TPSA) is 84.2 Å². The number of nitriles is 1. The van der Waals surface area contributed by atoms with E-state index >= 15 is 4.79 Å². The molecular formula is C32H43NO4. The van der Waals surface area contributed by atoms with Crippen LogP contribution in [-0.4, -0.2) is 24.6 Å². The van der Waals surface area contributed by atoms with Crippen molar-refractivity contribution in [2.75, 3.05) is 7.04 Å². The van der Waals surface area contributed by atoms with Gasteiger partial charge in [0.1, 0.15) is 6.07 Å². The van der Waals surface area contributed by atoms with Crippen molar-refractivity contribution < 1.29 is 60.2 Å². The Balaban J connectivity index is 2.19. The minimum Gasteiger partial charge on any atom is -0.469 e. The molecule has 5 nitrogen and oxygen atoms in total. The van der Waals surface area contributed by atoms with E-state index in [1.807, 2.05) is 0 Å². The van der Waals surface area contributed by atoms with Crippen molar-refractivity contribution in [3.63, 3.8) is 0 Å². The van der Waals surface area contributed by atoms with E-state index < -0.39 is 179 Å². The molecule has 37 heavy (non-hydrogen) atoms. The average Bonchev–Trinajstić information content (AvgIpc) is 3.05. The highest BCUT2D eigenvalue weighted by Gasteiger charge is 2.71. The van der Waals surface area contributed by atoms with Crippen molar-refractivity contribution in [2.45, 2.75) is 92.8 Å². The summed E-state index contributed by atoms with van der Waals surface area (Å²) in [6, 6.07) is 1.24. The molecule has 0 radical (unpaired) electrons. The first-order valence-corrected chi connectivity index (χ1v) is 11.4. The van der Waals surface area contributed by atoms with Gasteiger partial charge in [0.2, 0.25) is 0 Å². The van der Waals surface area contributed by atoms with Crippen LogP contribution in [0.2, 0.25) is 0 Å². The number of nitrogens with zero attached hydrogens (tertiary/aromatic N) is 1. The molecule has 5 aliphatic carbocycles. The number of hydrogen-bond donors (Lipinski definition) is 0. The fourth-order valence-corrected chi connectivity index (χ4v) is 7.04. The normalized spacial score (nSPS) is 64.5. The van der Waals surface area contributed by atoms with Gasteiger partial charge in [-0.3, -0.25) is 14.4 Å². The lowest BCUT2D eigenvalue weighted by Crippen LogP contribution is -2.65. The van der Waals surface area contributed by atoms with Crippen LogP contribution in [0.4, 0.5) is 0 Å². The summed E-state index contributed by atoms with van der Waals surface area (Å²) in [6.45, 7) is -30.0. The Morgan fingerprint density at radius 2 is 1.95 bits per heavy atom. The molecule has 7 atom stereocenters.